The third-order valence-corrected chi connectivity index (χ3v) is 2.74. The first-order chi connectivity index (χ1) is 9.69. The van der Waals surface area contributed by atoms with E-state index in [1.165, 1.54) is 6.08 Å². The lowest BCUT2D eigenvalue weighted by molar-refractivity contribution is -0.112. The molecule has 0 aliphatic carbocycles. The van der Waals surface area contributed by atoms with Crippen LogP contribution >= 0.6 is 11.6 Å². The van der Waals surface area contributed by atoms with E-state index >= 15 is 0 Å². The van der Waals surface area contributed by atoms with Gasteiger partial charge in [-0.1, -0.05) is 23.7 Å². The molecule has 1 heterocycles. The summed E-state index contributed by atoms with van der Waals surface area (Å²) in [6.07, 6.45) is 4.63. The molecule has 0 fully saturated rings. The molecule has 0 unspecified atom stereocenters. The van der Waals surface area contributed by atoms with Gasteiger partial charge in [-0.3, -0.25) is 9.78 Å². The minimum atomic E-state index is -0.464. The Balaban J connectivity index is 2.18. The van der Waals surface area contributed by atoms with Crippen molar-refractivity contribution in [3.63, 3.8) is 0 Å². The van der Waals surface area contributed by atoms with Gasteiger partial charge in [-0.25, -0.2) is 0 Å². The molecule has 2 rings (SSSR count). The summed E-state index contributed by atoms with van der Waals surface area (Å²) in [7, 11) is 0. The van der Waals surface area contributed by atoms with Gasteiger partial charge in [-0.2, -0.15) is 5.26 Å². The second kappa shape index (κ2) is 6.50. The molecule has 20 heavy (non-hydrogen) atoms. The van der Waals surface area contributed by atoms with Crippen molar-refractivity contribution < 1.29 is 4.79 Å². The second-order valence-electron chi connectivity index (χ2n) is 3.91. The van der Waals surface area contributed by atoms with Crippen LogP contribution in [0, 0.1) is 11.3 Å². The number of carbonyl (C=O) groups is 1. The van der Waals surface area contributed by atoms with Crippen molar-refractivity contribution in [3.8, 4) is 6.07 Å². The lowest BCUT2D eigenvalue weighted by atomic mass is 10.1. The number of rotatable bonds is 3. The zero-order chi connectivity index (χ0) is 14.4. The highest BCUT2D eigenvalue weighted by atomic mass is 35.5. The third-order valence-electron chi connectivity index (χ3n) is 2.48. The maximum absolute atomic E-state index is 12.0. The van der Waals surface area contributed by atoms with Crippen molar-refractivity contribution in [2.75, 3.05) is 5.32 Å². The first kappa shape index (κ1) is 13.8. The SMILES string of the molecule is N#CC(=Cc1ccc(Cl)cc1)C(=O)Nc1ccncc1. The number of benzene rings is 1. The standard InChI is InChI=1S/C15H10ClN3O/c16-13-3-1-11(2-4-13)9-12(10-17)15(20)19-14-5-7-18-8-6-14/h1-9H,(H,18,19,20). The molecule has 98 valence electrons. The number of halogens is 1. The van der Waals surface area contributed by atoms with E-state index in [4.69, 9.17) is 16.9 Å². The molecular formula is C15H10ClN3O. The maximum atomic E-state index is 12.0. The van der Waals surface area contributed by atoms with Crippen LogP contribution in [0.25, 0.3) is 6.08 Å². The smallest absolute Gasteiger partial charge is 0.266 e. The van der Waals surface area contributed by atoms with Crippen molar-refractivity contribution in [1.29, 1.82) is 5.26 Å². The average Bonchev–Trinajstić information content (AvgIpc) is 2.47. The highest BCUT2D eigenvalue weighted by Crippen LogP contribution is 2.13. The lowest BCUT2D eigenvalue weighted by Crippen LogP contribution is -2.13. The number of pyridine rings is 1. The topological polar surface area (TPSA) is 65.8 Å². The van der Waals surface area contributed by atoms with E-state index in [9.17, 15) is 4.79 Å². The molecule has 0 radical (unpaired) electrons. The number of anilines is 1. The lowest BCUT2D eigenvalue weighted by Gasteiger charge is -2.03. The minimum absolute atomic E-state index is 0.0177. The fourth-order valence-corrected chi connectivity index (χ4v) is 1.63. The van der Waals surface area contributed by atoms with Gasteiger partial charge in [0.15, 0.2) is 0 Å². The van der Waals surface area contributed by atoms with Crippen LogP contribution in [0.2, 0.25) is 5.02 Å². The predicted octanol–water partition coefficient (Wildman–Crippen LogP) is 3.28. The Morgan fingerprint density at radius 1 is 1.20 bits per heavy atom. The molecule has 0 bridgehead atoms. The molecule has 1 aromatic carbocycles. The monoisotopic (exact) mass is 283 g/mol. The molecule has 4 nitrogen and oxygen atoms in total. The van der Waals surface area contributed by atoms with E-state index < -0.39 is 5.91 Å². The van der Waals surface area contributed by atoms with Gasteiger partial charge in [0.1, 0.15) is 11.6 Å². The summed E-state index contributed by atoms with van der Waals surface area (Å²) in [6, 6.07) is 12.0. The van der Waals surface area contributed by atoms with Gasteiger partial charge in [-0.05, 0) is 35.9 Å². The summed E-state index contributed by atoms with van der Waals surface area (Å²) in [5.41, 5.74) is 1.34. The molecule has 0 spiro atoms. The van der Waals surface area contributed by atoms with Gasteiger partial charge in [0.05, 0.1) is 0 Å². The van der Waals surface area contributed by atoms with Crippen LogP contribution in [0.4, 0.5) is 5.69 Å². The highest BCUT2D eigenvalue weighted by molar-refractivity contribution is 6.30. The summed E-state index contributed by atoms with van der Waals surface area (Å²) >= 11 is 5.78. The van der Waals surface area contributed by atoms with Crippen molar-refractivity contribution in [3.05, 3.63) is 65.0 Å². The van der Waals surface area contributed by atoms with Crippen LogP contribution in [0.5, 0.6) is 0 Å². The highest BCUT2D eigenvalue weighted by Gasteiger charge is 2.09. The number of hydrogen-bond donors (Lipinski definition) is 1. The second-order valence-corrected chi connectivity index (χ2v) is 4.35. The molecule has 2 aromatic rings. The Bertz CT molecular complexity index is 673. The maximum Gasteiger partial charge on any atom is 0.266 e. The normalized spacial score (nSPS) is 10.7. The quantitative estimate of drug-likeness (QED) is 0.694. The number of carbonyl (C=O) groups excluding carboxylic acids is 1. The first-order valence-electron chi connectivity index (χ1n) is 5.78. The van der Waals surface area contributed by atoms with Crippen LogP contribution in [0.3, 0.4) is 0 Å². The Kier molecular flexibility index (Phi) is 4.48. The fourth-order valence-electron chi connectivity index (χ4n) is 1.51. The Morgan fingerprint density at radius 2 is 1.85 bits per heavy atom. The van der Waals surface area contributed by atoms with E-state index in [2.05, 4.69) is 10.3 Å². The zero-order valence-corrected chi connectivity index (χ0v) is 11.1. The molecule has 0 aliphatic rings. The predicted molar refractivity (Wildman–Crippen MR) is 77.9 cm³/mol. The summed E-state index contributed by atoms with van der Waals surface area (Å²) in [5.74, 6) is -0.464. The molecule has 1 aromatic heterocycles. The van der Waals surface area contributed by atoms with Gasteiger partial charge >= 0.3 is 0 Å². The van der Waals surface area contributed by atoms with Gasteiger partial charge in [0, 0.05) is 23.1 Å². The number of nitrogens with zero attached hydrogens (tertiary/aromatic N) is 2. The zero-order valence-electron chi connectivity index (χ0n) is 10.4. The molecule has 0 atom stereocenters. The van der Waals surface area contributed by atoms with Crippen molar-refractivity contribution in [1.82, 2.24) is 4.98 Å². The summed E-state index contributed by atoms with van der Waals surface area (Å²) in [4.78, 5) is 15.8. The molecule has 0 saturated heterocycles. The van der Waals surface area contributed by atoms with Crippen LogP contribution in [0.15, 0.2) is 54.4 Å². The van der Waals surface area contributed by atoms with Gasteiger partial charge in [0.25, 0.3) is 5.91 Å². The number of amides is 1. The Hall–Kier alpha value is -2.64. The van der Waals surface area contributed by atoms with Crippen LogP contribution in [0.1, 0.15) is 5.56 Å². The van der Waals surface area contributed by atoms with Crippen LogP contribution < -0.4 is 5.32 Å². The van der Waals surface area contributed by atoms with E-state index in [1.54, 1.807) is 48.8 Å². The van der Waals surface area contributed by atoms with E-state index in [1.807, 2.05) is 6.07 Å². The molecule has 0 saturated carbocycles. The van der Waals surface area contributed by atoms with Gasteiger partial charge in [0.2, 0.25) is 0 Å². The minimum Gasteiger partial charge on any atom is -0.321 e. The largest absolute Gasteiger partial charge is 0.321 e. The molecular weight excluding hydrogens is 274 g/mol. The number of hydrogen-bond acceptors (Lipinski definition) is 3. The van der Waals surface area contributed by atoms with E-state index in [0.29, 0.717) is 10.7 Å². The average molecular weight is 284 g/mol. The number of nitrogens with one attached hydrogen (secondary N) is 1. The number of nitriles is 1. The number of aromatic nitrogens is 1. The van der Waals surface area contributed by atoms with Crippen molar-refractivity contribution in [2.24, 2.45) is 0 Å². The third kappa shape index (κ3) is 3.67. The van der Waals surface area contributed by atoms with E-state index in [-0.39, 0.29) is 5.57 Å². The van der Waals surface area contributed by atoms with Crippen molar-refractivity contribution >= 4 is 29.3 Å². The Morgan fingerprint density at radius 3 is 2.45 bits per heavy atom. The van der Waals surface area contributed by atoms with Crippen LogP contribution in [-0.4, -0.2) is 10.9 Å². The molecule has 1 amide bonds. The van der Waals surface area contributed by atoms with Gasteiger partial charge in [-0.15, -0.1) is 0 Å². The first-order valence-corrected chi connectivity index (χ1v) is 6.15. The van der Waals surface area contributed by atoms with E-state index in [0.717, 1.165) is 5.56 Å². The Labute approximate surface area is 121 Å². The molecule has 0 aliphatic heterocycles. The fraction of sp³-hybridized carbons (Fsp3) is 0. The van der Waals surface area contributed by atoms with Crippen molar-refractivity contribution in [2.45, 2.75) is 0 Å². The molecule has 5 heteroatoms. The van der Waals surface area contributed by atoms with Crippen LogP contribution in [-0.2, 0) is 4.79 Å². The van der Waals surface area contributed by atoms with Gasteiger partial charge < -0.3 is 5.32 Å². The summed E-state index contributed by atoms with van der Waals surface area (Å²) in [6.45, 7) is 0. The summed E-state index contributed by atoms with van der Waals surface area (Å²) in [5, 5.41) is 12.3. The molecule has 1 N–H and O–H groups in total. The summed E-state index contributed by atoms with van der Waals surface area (Å²) < 4.78 is 0.